The molecule has 2 nitrogen and oxygen atoms in total. The molecule has 0 aromatic heterocycles. The molecule has 0 N–H and O–H groups in total. The molecule has 4 heterocycles. The lowest BCUT2D eigenvalue weighted by atomic mass is 9.39. The number of hydrogen-bond acceptors (Lipinski definition) is 2. The van der Waals surface area contributed by atoms with Gasteiger partial charge in [-0.05, 0) is 137 Å². The monoisotopic (exact) mass is 884 g/mol. The molecule has 11 aromatic rings. The van der Waals surface area contributed by atoms with Crippen molar-refractivity contribution in [3.05, 3.63) is 255 Å². The topological polar surface area (TPSA) is 6.48 Å². The van der Waals surface area contributed by atoms with Crippen LogP contribution in [-0.2, 0) is 0 Å². The molecule has 0 bridgehead atoms. The number of fused-ring (bicyclic) bond motifs is 22. The molecule has 15 rings (SSSR count). The van der Waals surface area contributed by atoms with Gasteiger partial charge >= 0.3 is 13.7 Å². The molecule has 0 amide bonds. The Kier molecular flexibility index (Phi) is 8.58. The highest BCUT2D eigenvalue weighted by atomic mass is 15.1. The number of anilines is 4. The maximum absolute atomic E-state index is 2.65. The Hall–Kier alpha value is -8.85. The summed E-state index contributed by atoms with van der Waals surface area (Å²) in [6.07, 6.45) is 0. The molecular weight excluding hydrogens is 842 g/mol. The molecule has 0 aliphatic carbocycles. The predicted molar refractivity (Wildman–Crippen MR) is 297 cm³/mol. The van der Waals surface area contributed by atoms with Crippen molar-refractivity contribution >= 4 is 58.3 Å². The minimum Gasteiger partial charge on any atom is -0.376 e. The standard InChI is InChI=1S/C66H42B2N2/c1-5-17-43(18-6-1)47-29-33-63-55(37-47)51-25-13-15-27-59(51)67-61-41-54-58-40-50(46-23-11-4-12-24-46)32-36-66(58)70-64-34-30-48(44-19-7-2-8-20-44)38-56(64)52-26-14-16-28-60(52)68(70)62(54)42-53(61)57-39-49(31-35-65(57)69(63)67)45-21-9-3-10-22-45/h1-42H. The Morgan fingerprint density at radius 3 is 0.771 bits per heavy atom. The number of hydrogen-bond donors (Lipinski definition) is 0. The summed E-state index contributed by atoms with van der Waals surface area (Å²) >= 11 is 0. The Bertz CT molecular complexity index is 3650. The van der Waals surface area contributed by atoms with E-state index < -0.39 is 0 Å². The Morgan fingerprint density at radius 2 is 0.457 bits per heavy atom. The summed E-state index contributed by atoms with van der Waals surface area (Å²) in [6, 6.07) is 95.4. The lowest BCUT2D eigenvalue weighted by molar-refractivity contribution is 1.34. The first kappa shape index (κ1) is 39.2. The van der Waals surface area contributed by atoms with Crippen LogP contribution in [0.4, 0.5) is 22.7 Å². The van der Waals surface area contributed by atoms with Gasteiger partial charge in [0.25, 0.3) is 0 Å². The SMILES string of the molecule is c1ccc(-c2ccc3c(c2)-c2ccccc2B2c4cc5c(cc4-c4cc(-c6ccccc6)ccc4N23)B2c3ccccc3-c3cc(-c4ccccc4)ccc3N2c2ccc(-c3ccccc3)cc2-5)cc1. The van der Waals surface area contributed by atoms with E-state index in [9.17, 15) is 0 Å². The van der Waals surface area contributed by atoms with E-state index in [4.69, 9.17) is 0 Å². The zero-order valence-corrected chi connectivity index (χ0v) is 38.3. The largest absolute Gasteiger partial charge is 0.376 e. The van der Waals surface area contributed by atoms with Crippen molar-refractivity contribution in [2.24, 2.45) is 0 Å². The average Bonchev–Trinajstić information content (AvgIpc) is 3.45. The molecule has 0 saturated carbocycles. The smallest absolute Gasteiger partial charge is 0.329 e. The van der Waals surface area contributed by atoms with Crippen LogP contribution in [0.25, 0.3) is 89.0 Å². The third kappa shape index (κ3) is 5.83. The van der Waals surface area contributed by atoms with Crippen LogP contribution in [0.5, 0.6) is 0 Å². The second-order valence-corrected chi connectivity index (χ2v) is 19.1. The van der Waals surface area contributed by atoms with Crippen LogP contribution in [0, 0.1) is 0 Å². The predicted octanol–water partition coefficient (Wildman–Crippen LogP) is 14.2. The lowest BCUT2D eigenvalue weighted by Gasteiger charge is -2.46. The Labute approximate surface area is 409 Å². The number of rotatable bonds is 4. The quantitative estimate of drug-likeness (QED) is 0.163. The fourth-order valence-electron chi connectivity index (χ4n) is 12.3. The van der Waals surface area contributed by atoms with Crippen molar-refractivity contribution in [3.63, 3.8) is 0 Å². The third-order valence-electron chi connectivity index (χ3n) is 15.5. The van der Waals surface area contributed by atoms with E-state index in [1.165, 1.54) is 134 Å². The van der Waals surface area contributed by atoms with Gasteiger partial charge in [0.15, 0.2) is 0 Å². The summed E-state index contributed by atoms with van der Waals surface area (Å²) in [6.45, 7) is -0.118. The van der Waals surface area contributed by atoms with Crippen LogP contribution in [0.3, 0.4) is 0 Å². The molecule has 70 heavy (non-hydrogen) atoms. The van der Waals surface area contributed by atoms with Gasteiger partial charge < -0.3 is 9.62 Å². The summed E-state index contributed by atoms with van der Waals surface area (Å²) in [7, 11) is 0. The average molecular weight is 885 g/mol. The van der Waals surface area contributed by atoms with Gasteiger partial charge in [-0.15, -0.1) is 0 Å². The number of benzene rings is 11. The van der Waals surface area contributed by atoms with Crippen molar-refractivity contribution in [1.82, 2.24) is 0 Å². The molecular formula is C66H42B2N2. The zero-order chi connectivity index (χ0) is 45.9. The van der Waals surface area contributed by atoms with Crippen LogP contribution < -0.4 is 31.5 Å². The van der Waals surface area contributed by atoms with Crippen LogP contribution >= 0.6 is 0 Å². The Morgan fingerprint density at radius 1 is 0.186 bits per heavy atom. The van der Waals surface area contributed by atoms with Crippen molar-refractivity contribution in [3.8, 4) is 89.0 Å². The van der Waals surface area contributed by atoms with Gasteiger partial charge in [0.05, 0.1) is 0 Å². The van der Waals surface area contributed by atoms with Gasteiger partial charge in [0.2, 0.25) is 0 Å². The molecule has 4 aliphatic rings. The summed E-state index contributed by atoms with van der Waals surface area (Å²) in [5, 5.41) is 0. The van der Waals surface area contributed by atoms with E-state index in [0.29, 0.717) is 0 Å². The highest BCUT2D eigenvalue weighted by molar-refractivity contribution is 6.94. The van der Waals surface area contributed by atoms with Crippen LogP contribution in [-0.4, -0.2) is 13.7 Å². The molecule has 11 aromatic carbocycles. The number of nitrogens with zero attached hydrogens (tertiary/aromatic N) is 2. The highest BCUT2D eigenvalue weighted by Crippen LogP contribution is 2.51. The summed E-state index contributed by atoms with van der Waals surface area (Å²) in [5.41, 5.74) is 30.1. The molecule has 0 fully saturated rings. The molecule has 0 radical (unpaired) electrons. The van der Waals surface area contributed by atoms with Gasteiger partial charge in [-0.2, -0.15) is 0 Å². The second-order valence-electron chi connectivity index (χ2n) is 19.1. The fourth-order valence-corrected chi connectivity index (χ4v) is 12.3. The van der Waals surface area contributed by atoms with E-state index in [1.54, 1.807) is 0 Å². The zero-order valence-electron chi connectivity index (χ0n) is 38.3. The first-order chi connectivity index (χ1) is 34.7. The second kappa shape index (κ2) is 15.3. The molecule has 322 valence electrons. The van der Waals surface area contributed by atoms with Gasteiger partial charge in [0, 0.05) is 45.0 Å². The minimum absolute atomic E-state index is 0.0591. The van der Waals surface area contributed by atoms with E-state index >= 15 is 0 Å². The van der Waals surface area contributed by atoms with Crippen molar-refractivity contribution in [2.45, 2.75) is 0 Å². The van der Waals surface area contributed by atoms with Gasteiger partial charge in [0.1, 0.15) is 0 Å². The molecule has 4 aliphatic heterocycles. The van der Waals surface area contributed by atoms with Gasteiger partial charge in [-0.3, -0.25) is 0 Å². The molecule has 0 atom stereocenters. The Balaban J connectivity index is 1.02. The van der Waals surface area contributed by atoms with E-state index in [2.05, 4.69) is 264 Å². The normalized spacial score (nSPS) is 13.0. The van der Waals surface area contributed by atoms with E-state index in [-0.39, 0.29) is 13.7 Å². The van der Waals surface area contributed by atoms with Gasteiger partial charge in [-0.25, -0.2) is 0 Å². The van der Waals surface area contributed by atoms with Crippen molar-refractivity contribution < 1.29 is 0 Å². The summed E-state index contributed by atoms with van der Waals surface area (Å²) < 4.78 is 0. The molecule has 0 unspecified atom stereocenters. The maximum atomic E-state index is 2.65. The summed E-state index contributed by atoms with van der Waals surface area (Å²) in [5.74, 6) is 0. The van der Waals surface area contributed by atoms with E-state index in [1.807, 2.05) is 0 Å². The van der Waals surface area contributed by atoms with Crippen LogP contribution in [0.15, 0.2) is 255 Å². The molecule has 0 saturated heterocycles. The van der Waals surface area contributed by atoms with Gasteiger partial charge in [-0.1, -0.05) is 206 Å². The van der Waals surface area contributed by atoms with Crippen LogP contribution in [0.2, 0.25) is 0 Å². The fraction of sp³-hybridized carbons (Fsp3) is 0. The first-order valence-electron chi connectivity index (χ1n) is 24.5. The lowest BCUT2D eigenvalue weighted by Crippen LogP contribution is -2.62. The molecule has 0 spiro atoms. The third-order valence-corrected chi connectivity index (χ3v) is 15.5. The minimum atomic E-state index is -0.0591. The van der Waals surface area contributed by atoms with Crippen molar-refractivity contribution in [2.75, 3.05) is 9.62 Å². The summed E-state index contributed by atoms with van der Waals surface area (Å²) in [4.78, 5) is 5.30. The van der Waals surface area contributed by atoms with Crippen molar-refractivity contribution in [1.29, 1.82) is 0 Å². The highest BCUT2D eigenvalue weighted by Gasteiger charge is 2.47. The maximum Gasteiger partial charge on any atom is 0.329 e. The van der Waals surface area contributed by atoms with Crippen LogP contribution in [0.1, 0.15) is 0 Å². The van der Waals surface area contributed by atoms with E-state index in [0.717, 1.165) is 0 Å². The molecule has 4 heteroatoms. The first-order valence-corrected chi connectivity index (χ1v) is 24.5.